The van der Waals surface area contributed by atoms with Gasteiger partial charge in [0.05, 0.1) is 22.1 Å². The highest BCUT2D eigenvalue weighted by molar-refractivity contribution is 6.19. The molecule has 0 saturated heterocycles. The lowest BCUT2D eigenvalue weighted by atomic mass is 10.0. The second-order valence-corrected chi connectivity index (χ2v) is 11.4. The molecule has 0 unspecified atom stereocenters. The fourth-order valence-electron chi connectivity index (χ4n) is 7.06. The smallest absolute Gasteiger partial charge is 0.0542 e. The molecule has 0 aliphatic carbocycles. The largest absolute Gasteiger partial charge is 0.309 e. The fourth-order valence-corrected chi connectivity index (χ4v) is 7.06. The number of fused-ring (bicyclic) bond motifs is 10. The van der Waals surface area contributed by atoms with E-state index in [2.05, 4.69) is 179 Å². The van der Waals surface area contributed by atoms with Crippen LogP contribution in [0.15, 0.2) is 170 Å². The highest BCUT2D eigenvalue weighted by Gasteiger charge is 2.15. The van der Waals surface area contributed by atoms with Crippen molar-refractivity contribution in [3.63, 3.8) is 0 Å². The van der Waals surface area contributed by atoms with E-state index in [4.69, 9.17) is 0 Å². The summed E-state index contributed by atoms with van der Waals surface area (Å²) in [7, 11) is 0. The van der Waals surface area contributed by atoms with Gasteiger partial charge in [-0.15, -0.1) is 0 Å². The molecule has 2 heteroatoms. The topological polar surface area (TPSA) is 9.86 Å². The Morgan fingerprint density at radius 3 is 1.07 bits per heavy atom. The maximum Gasteiger partial charge on any atom is 0.0542 e. The number of hydrogen-bond donors (Lipinski definition) is 0. The summed E-state index contributed by atoms with van der Waals surface area (Å²) in [6.45, 7) is 0. The predicted molar refractivity (Wildman–Crippen MR) is 188 cm³/mol. The van der Waals surface area contributed by atoms with Crippen molar-refractivity contribution in [2.75, 3.05) is 0 Å². The molecule has 0 atom stereocenters. The van der Waals surface area contributed by atoms with Crippen LogP contribution in [0.2, 0.25) is 0 Å². The van der Waals surface area contributed by atoms with Gasteiger partial charge in [-0.1, -0.05) is 121 Å². The SMILES string of the molecule is c1ccc(-n2c3ccccc3c3cc(-n4c5ccccc5c5ccccc5c5ccccc5c5ccccc54)ccc32)cc1. The summed E-state index contributed by atoms with van der Waals surface area (Å²) >= 11 is 0. The standard InChI is InChI=1S/C42H28N2/c1-2-14-29(15-3-1)43-41-25-13-10-22-37(41)38-28-30(26-27-42(38)43)44-39-23-11-8-20-35(39)33-18-6-4-16-31(33)32-17-5-7-19-34(32)36-21-9-12-24-40(36)44/h1-28H. The first kappa shape index (κ1) is 24.7. The average Bonchev–Trinajstić information content (AvgIpc) is 3.44. The number of nitrogens with zero attached hydrogens (tertiary/aromatic N) is 2. The van der Waals surface area contributed by atoms with Gasteiger partial charge >= 0.3 is 0 Å². The molecule has 44 heavy (non-hydrogen) atoms. The van der Waals surface area contributed by atoms with E-state index >= 15 is 0 Å². The molecule has 2 aromatic heterocycles. The number of hydrogen-bond acceptors (Lipinski definition) is 0. The zero-order valence-electron chi connectivity index (χ0n) is 24.1. The quantitative estimate of drug-likeness (QED) is 0.199. The first-order chi connectivity index (χ1) is 21.9. The Morgan fingerprint density at radius 2 is 0.568 bits per heavy atom. The van der Waals surface area contributed by atoms with Crippen LogP contribution < -0.4 is 0 Å². The van der Waals surface area contributed by atoms with Crippen LogP contribution in [0.5, 0.6) is 0 Å². The van der Waals surface area contributed by atoms with Gasteiger partial charge in [0, 0.05) is 32.9 Å². The van der Waals surface area contributed by atoms with E-state index in [1.165, 1.54) is 54.1 Å². The minimum Gasteiger partial charge on any atom is -0.309 e. The van der Waals surface area contributed by atoms with E-state index in [0.717, 1.165) is 22.4 Å². The van der Waals surface area contributed by atoms with E-state index in [-0.39, 0.29) is 0 Å². The number of rotatable bonds is 2. The Labute approximate surface area is 255 Å². The second-order valence-electron chi connectivity index (χ2n) is 11.4. The van der Waals surface area contributed by atoms with E-state index in [0.29, 0.717) is 0 Å². The van der Waals surface area contributed by atoms with Crippen LogP contribution >= 0.6 is 0 Å². The lowest BCUT2D eigenvalue weighted by Gasteiger charge is -2.14. The molecule has 2 heterocycles. The number of para-hydroxylation sites is 4. The van der Waals surface area contributed by atoms with Gasteiger partial charge in [-0.3, -0.25) is 0 Å². The zero-order chi connectivity index (χ0) is 29.0. The molecule has 0 aliphatic heterocycles. The molecule has 0 bridgehead atoms. The summed E-state index contributed by atoms with van der Waals surface area (Å²) in [6.07, 6.45) is 0. The van der Waals surface area contributed by atoms with Gasteiger partial charge in [-0.2, -0.15) is 0 Å². The maximum absolute atomic E-state index is 2.46. The summed E-state index contributed by atoms with van der Waals surface area (Å²) in [5, 5.41) is 9.85. The minimum atomic E-state index is 1.13. The van der Waals surface area contributed by atoms with Crippen molar-refractivity contribution in [2.45, 2.75) is 0 Å². The van der Waals surface area contributed by atoms with Crippen molar-refractivity contribution in [1.82, 2.24) is 9.13 Å². The molecule has 206 valence electrons. The highest BCUT2D eigenvalue weighted by atomic mass is 15.0. The molecule has 0 spiro atoms. The lowest BCUT2D eigenvalue weighted by Crippen LogP contribution is -1.98. The van der Waals surface area contributed by atoms with E-state index in [1.807, 2.05) is 0 Å². The Hall–Kier alpha value is -5.86. The summed E-state index contributed by atoms with van der Waals surface area (Å²) in [5.41, 5.74) is 7.02. The van der Waals surface area contributed by atoms with Crippen LogP contribution in [0.25, 0.3) is 76.5 Å². The summed E-state index contributed by atoms with van der Waals surface area (Å²) in [6, 6.07) is 61.6. The molecule has 9 aromatic rings. The first-order valence-electron chi connectivity index (χ1n) is 15.1. The highest BCUT2D eigenvalue weighted by Crippen LogP contribution is 2.37. The summed E-state index contributed by atoms with van der Waals surface area (Å²) in [4.78, 5) is 0. The molecule has 0 fully saturated rings. The molecule has 0 aliphatic rings. The van der Waals surface area contributed by atoms with Crippen LogP contribution in [-0.2, 0) is 0 Å². The van der Waals surface area contributed by atoms with E-state index in [1.54, 1.807) is 0 Å². The molecule has 7 aromatic carbocycles. The van der Waals surface area contributed by atoms with Crippen LogP contribution in [0.4, 0.5) is 0 Å². The van der Waals surface area contributed by atoms with Gasteiger partial charge in [0.1, 0.15) is 0 Å². The van der Waals surface area contributed by atoms with Gasteiger partial charge in [0.15, 0.2) is 0 Å². The predicted octanol–water partition coefficient (Wildman–Crippen LogP) is 11.3. The Balaban J connectivity index is 1.51. The molecule has 2 nitrogen and oxygen atoms in total. The van der Waals surface area contributed by atoms with Gasteiger partial charge in [0.25, 0.3) is 0 Å². The molecule has 9 rings (SSSR count). The zero-order valence-corrected chi connectivity index (χ0v) is 24.1. The first-order valence-corrected chi connectivity index (χ1v) is 15.1. The van der Waals surface area contributed by atoms with Crippen molar-refractivity contribution in [3.8, 4) is 11.4 Å². The third-order valence-electron chi connectivity index (χ3n) is 8.94. The Bertz CT molecular complexity index is 2500. The van der Waals surface area contributed by atoms with Crippen molar-refractivity contribution < 1.29 is 0 Å². The van der Waals surface area contributed by atoms with E-state index < -0.39 is 0 Å². The average molecular weight is 561 g/mol. The third kappa shape index (κ3) is 3.68. The molecule has 0 N–H and O–H groups in total. The summed E-state index contributed by atoms with van der Waals surface area (Å²) < 4.78 is 4.83. The van der Waals surface area contributed by atoms with Crippen molar-refractivity contribution >= 4 is 65.2 Å². The summed E-state index contributed by atoms with van der Waals surface area (Å²) in [5.74, 6) is 0. The maximum atomic E-state index is 2.46. The molecule has 0 amide bonds. The van der Waals surface area contributed by atoms with Gasteiger partial charge in [0.2, 0.25) is 0 Å². The molecule has 0 radical (unpaired) electrons. The van der Waals surface area contributed by atoms with Gasteiger partial charge in [-0.25, -0.2) is 0 Å². The van der Waals surface area contributed by atoms with Crippen LogP contribution in [0.3, 0.4) is 0 Å². The number of benzene rings is 7. The monoisotopic (exact) mass is 560 g/mol. The lowest BCUT2D eigenvalue weighted by molar-refractivity contribution is 1.16. The second kappa shape index (κ2) is 9.86. The Kier molecular flexibility index (Phi) is 5.54. The number of aromatic nitrogens is 2. The molecular weight excluding hydrogens is 532 g/mol. The van der Waals surface area contributed by atoms with Gasteiger partial charge < -0.3 is 9.13 Å². The van der Waals surface area contributed by atoms with Crippen molar-refractivity contribution in [2.24, 2.45) is 0 Å². The molecule has 0 saturated carbocycles. The Morgan fingerprint density at radius 1 is 0.227 bits per heavy atom. The van der Waals surface area contributed by atoms with E-state index in [9.17, 15) is 0 Å². The van der Waals surface area contributed by atoms with Gasteiger partial charge in [-0.05, 0) is 70.1 Å². The van der Waals surface area contributed by atoms with Crippen LogP contribution in [0.1, 0.15) is 0 Å². The van der Waals surface area contributed by atoms with Crippen LogP contribution in [0, 0.1) is 0 Å². The fraction of sp³-hybridized carbons (Fsp3) is 0. The van der Waals surface area contributed by atoms with Crippen LogP contribution in [-0.4, -0.2) is 9.13 Å². The van der Waals surface area contributed by atoms with Crippen molar-refractivity contribution in [3.05, 3.63) is 170 Å². The molecular formula is C42H28N2. The third-order valence-corrected chi connectivity index (χ3v) is 8.94. The normalized spacial score (nSPS) is 11.6. The minimum absolute atomic E-state index is 1.13. The van der Waals surface area contributed by atoms with Crippen molar-refractivity contribution in [1.29, 1.82) is 0 Å².